The average Bonchev–Trinajstić information content (AvgIpc) is 2.83. The zero-order valence-corrected chi connectivity index (χ0v) is 13.7. The fraction of sp³-hybridized carbons (Fsp3) is 0.667. The van der Waals surface area contributed by atoms with E-state index < -0.39 is 0 Å². The van der Waals surface area contributed by atoms with Crippen LogP contribution in [0, 0.1) is 13.8 Å². The van der Waals surface area contributed by atoms with Crippen LogP contribution >= 0.6 is 11.3 Å². The van der Waals surface area contributed by atoms with Crippen molar-refractivity contribution in [3.63, 3.8) is 0 Å². The Hall–Kier alpha value is -0.910. The van der Waals surface area contributed by atoms with Gasteiger partial charge in [0.1, 0.15) is 0 Å². The first kappa shape index (κ1) is 14.0. The monoisotopic (exact) mass is 292 g/mol. The lowest BCUT2D eigenvalue weighted by Crippen LogP contribution is -2.56. The molecule has 1 saturated carbocycles. The third-order valence-electron chi connectivity index (χ3n) is 4.81. The normalized spacial score (nSPS) is 17.9. The van der Waals surface area contributed by atoms with Crippen LogP contribution in [0.25, 0.3) is 4.96 Å². The van der Waals surface area contributed by atoms with Gasteiger partial charge in [0.05, 0.1) is 11.4 Å². The number of likely N-dealkylation sites (N-methyl/N-ethyl adjacent to an activating group) is 1. The van der Waals surface area contributed by atoms with Gasteiger partial charge in [-0.3, -0.25) is 4.40 Å². The van der Waals surface area contributed by atoms with Gasteiger partial charge in [-0.05, 0) is 47.2 Å². The SMILES string of the molecule is Cc1nc2scc(C)n2c1CNCC1(N(C)C)CCC1. The molecule has 1 fully saturated rings. The molecule has 1 aliphatic carbocycles. The van der Waals surface area contributed by atoms with E-state index in [9.17, 15) is 0 Å². The zero-order chi connectivity index (χ0) is 14.3. The molecule has 2 heterocycles. The summed E-state index contributed by atoms with van der Waals surface area (Å²) in [5.74, 6) is 0. The van der Waals surface area contributed by atoms with E-state index in [1.165, 1.54) is 30.7 Å². The molecule has 2 aromatic heterocycles. The third-order valence-corrected chi connectivity index (χ3v) is 5.75. The van der Waals surface area contributed by atoms with Crippen LogP contribution in [0.2, 0.25) is 0 Å². The van der Waals surface area contributed by atoms with Crippen molar-refractivity contribution >= 4 is 16.3 Å². The highest BCUT2D eigenvalue weighted by atomic mass is 32.1. The van der Waals surface area contributed by atoms with Crippen molar-refractivity contribution in [2.24, 2.45) is 0 Å². The summed E-state index contributed by atoms with van der Waals surface area (Å²) >= 11 is 1.72. The van der Waals surface area contributed by atoms with Crippen LogP contribution in [0.5, 0.6) is 0 Å². The molecule has 0 bridgehead atoms. The molecule has 4 nitrogen and oxygen atoms in total. The second-order valence-corrected chi connectivity index (χ2v) is 7.05. The first-order chi connectivity index (χ1) is 9.53. The van der Waals surface area contributed by atoms with Crippen molar-refractivity contribution in [1.29, 1.82) is 0 Å². The molecule has 0 unspecified atom stereocenters. The molecule has 2 aromatic rings. The Morgan fingerprint density at radius 2 is 2.15 bits per heavy atom. The number of hydrogen-bond donors (Lipinski definition) is 1. The molecular formula is C15H24N4S. The smallest absolute Gasteiger partial charge is 0.194 e. The van der Waals surface area contributed by atoms with Crippen molar-refractivity contribution in [3.8, 4) is 0 Å². The van der Waals surface area contributed by atoms with Crippen molar-refractivity contribution in [1.82, 2.24) is 19.6 Å². The largest absolute Gasteiger partial charge is 0.309 e. The third kappa shape index (κ3) is 2.18. The molecule has 0 amide bonds. The van der Waals surface area contributed by atoms with E-state index in [0.29, 0.717) is 5.54 Å². The first-order valence-electron chi connectivity index (χ1n) is 7.34. The summed E-state index contributed by atoms with van der Waals surface area (Å²) < 4.78 is 2.29. The highest BCUT2D eigenvalue weighted by Crippen LogP contribution is 2.35. The second kappa shape index (κ2) is 5.13. The molecule has 0 spiro atoms. The van der Waals surface area contributed by atoms with E-state index in [1.54, 1.807) is 11.3 Å². The van der Waals surface area contributed by atoms with Crippen molar-refractivity contribution in [3.05, 3.63) is 22.5 Å². The molecule has 0 aromatic carbocycles. The molecule has 20 heavy (non-hydrogen) atoms. The standard InChI is InChI=1S/C15H24N4S/c1-11-9-20-14-17-12(2)13(19(11)14)8-16-10-15(18(3)4)6-5-7-15/h9,16H,5-8,10H2,1-4H3. The van der Waals surface area contributed by atoms with Crippen LogP contribution in [0.4, 0.5) is 0 Å². The average molecular weight is 292 g/mol. The molecule has 0 saturated heterocycles. The molecule has 0 aliphatic heterocycles. The summed E-state index contributed by atoms with van der Waals surface area (Å²) in [5, 5.41) is 5.84. The van der Waals surface area contributed by atoms with E-state index in [1.807, 2.05) is 0 Å². The number of rotatable bonds is 5. The fourth-order valence-corrected chi connectivity index (χ4v) is 4.09. The summed E-state index contributed by atoms with van der Waals surface area (Å²) in [6, 6.07) is 0. The molecule has 3 rings (SSSR count). The Kier molecular flexibility index (Phi) is 3.60. The molecule has 110 valence electrons. The molecule has 1 aliphatic rings. The molecular weight excluding hydrogens is 268 g/mol. The minimum absolute atomic E-state index is 0.376. The Morgan fingerprint density at radius 3 is 2.75 bits per heavy atom. The lowest BCUT2D eigenvalue weighted by atomic mass is 9.75. The van der Waals surface area contributed by atoms with E-state index in [-0.39, 0.29) is 0 Å². The highest BCUT2D eigenvalue weighted by Gasteiger charge is 2.38. The summed E-state index contributed by atoms with van der Waals surface area (Å²) in [6.07, 6.45) is 3.98. The predicted octanol–water partition coefficient (Wildman–Crippen LogP) is 2.59. The van der Waals surface area contributed by atoms with Crippen LogP contribution in [-0.4, -0.2) is 40.5 Å². The number of fused-ring (bicyclic) bond motifs is 1. The maximum absolute atomic E-state index is 4.65. The van der Waals surface area contributed by atoms with Gasteiger partial charge in [0, 0.05) is 29.7 Å². The topological polar surface area (TPSA) is 32.6 Å². The van der Waals surface area contributed by atoms with Gasteiger partial charge >= 0.3 is 0 Å². The van der Waals surface area contributed by atoms with Crippen LogP contribution in [-0.2, 0) is 6.54 Å². The fourth-order valence-electron chi connectivity index (χ4n) is 3.16. The zero-order valence-electron chi connectivity index (χ0n) is 12.9. The second-order valence-electron chi connectivity index (χ2n) is 6.21. The molecule has 5 heteroatoms. The number of aromatic nitrogens is 2. The van der Waals surface area contributed by atoms with Crippen LogP contribution in [0.15, 0.2) is 5.38 Å². The molecule has 0 radical (unpaired) electrons. The molecule has 1 N–H and O–H groups in total. The number of thiazole rings is 1. The van der Waals surface area contributed by atoms with Gasteiger partial charge in [-0.25, -0.2) is 4.98 Å². The Labute approximate surface area is 124 Å². The van der Waals surface area contributed by atoms with Crippen molar-refractivity contribution < 1.29 is 0 Å². The van der Waals surface area contributed by atoms with Gasteiger partial charge in [0.25, 0.3) is 0 Å². The van der Waals surface area contributed by atoms with Crippen LogP contribution in [0.1, 0.15) is 36.3 Å². The van der Waals surface area contributed by atoms with Gasteiger partial charge in [-0.15, -0.1) is 11.3 Å². The van der Waals surface area contributed by atoms with E-state index in [4.69, 9.17) is 0 Å². The summed E-state index contributed by atoms with van der Waals surface area (Å²) in [7, 11) is 4.40. The Morgan fingerprint density at radius 1 is 1.40 bits per heavy atom. The lowest BCUT2D eigenvalue weighted by Gasteiger charge is -2.47. The van der Waals surface area contributed by atoms with Gasteiger partial charge in [0.15, 0.2) is 4.96 Å². The van der Waals surface area contributed by atoms with Gasteiger partial charge < -0.3 is 10.2 Å². The van der Waals surface area contributed by atoms with Gasteiger partial charge in [-0.2, -0.15) is 0 Å². The number of aryl methyl sites for hydroxylation is 2. The summed E-state index contributed by atoms with van der Waals surface area (Å²) in [4.78, 5) is 8.15. The van der Waals surface area contributed by atoms with Gasteiger partial charge in [-0.1, -0.05) is 0 Å². The van der Waals surface area contributed by atoms with E-state index >= 15 is 0 Å². The maximum atomic E-state index is 4.65. The highest BCUT2D eigenvalue weighted by molar-refractivity contribution is 7.15. The minimum Gasteiger partial charge on any atom is -0.309 e. The number of nitrogens with zero attached hydrogens (tertiary/aromatic N) is 3. The molecule has 0 atom stereocenters. The van der Waals surface area contributed by atoms with Crippen molar-refractivity contribution in [2.75, 3.05) is 20.6 Å². The predicted molar refractivity (Wildman–Crippen MR) is 84.5 cm³/mol. The van der Waals surface area contributed by atoms with Crippen molar-refractivity contribution in [2.45, 2.75) is 45.2 Å². The van der Waals surface area contributed by atoms with Crippen LogP contribution in [0.3, 0.4) is 0 Å². The number of hydrogen-bond acceptors (Lipinski definition) is 4. The number of nitrogens with one attached hydrogen (secondary N) is 1. The minimum atomic E-state index is 0.376. The first-order valence-corrected chi connectivity index (χ1v) is 8.22. The van der Waals surface area contributed by atoms with E-state index in [0.717, 1.165) is 23.7 Å². The lowest BCUT2D eigenvalue weighted by molar-refractivity contribution is 0.0597. The quantitative estimate of drug-likeness (QED) is 0.919. The summed E-state index contributed by atoms with van der Waals surface area (Å²) in [6.45, 7) is 6.23. The van der Waals surface area contributed by atoms with Crippen LogP contribution < -0.4 is 5.32 Å². The van der Waals surface area contributed by atoms with E-state index in [2.05, 4.69) is 52.9 Å². The number of imidazole rings is 1. The summed E-state index contributed by atoms with van der Waals surface area (Å²) in [5.41, 5.74) is 4.13. The maximum Gasteiger partial charge on any atom is 0.194 e. The Bertz CT molecular complexity index is 607. The Balaban J connectivity index is 1.71. The van der Waals surface area contributed by atoms with Gasteiger partial charge in [0.2, 0.25) is 0 Å².